The molecular formula is C30H38O10. The molecule has 1 unspecified atom stereocenters. The molecule has 1 heterocycles. The van der Waals surface area contributed by atoms with Crippen LogP contribution in [0.15, 0.2) is 41.5 Å². The fourth-order valence-electron chi connectivity index (χ4n) is 7.74. The number of aliphatic hydroxyl groups is 4. The summed E-state index contributed by atoms with van der Waals surface area (Å²) in [5.74, 6) is -3.69. The number of esters is 2. The second-order valence-corrected chi connectivity index (χ2v) is 12.9. The first-order valence-electron chi connectivity index (χ1n) is 13.6. The summed E-state index contributed by atoms with van der Waals surface area (Å²) in [6.45, 7) is 8.70. The second-order valence-electron chi connectivity index (χ2n) is 12.9. The highest BCUT2D eigenvalue weighted by atomic mass is 16.6. The van der Waals surface area contributed by atoms with Crippen molar-refractivity contribution >= 4 is 17.7 Å². The zero-order chi connectivity index (χ0) is 29.6. The molecule has 10 heteroatoms. The molecule has 1 aromatic rings. The van der Waals surface area contributed by atoms with Crippen LogP contribution in [0.1, 0.15) is 64.7 Å². The first-order valence-corrected chi connectivity index (χ1v) is 13.6. The Labute approximate surface area is 232 Å². The lowest BCUT2D eigenvalue weighted by atomic mass is 9.44. The first-order chi connectivity index (χ1) is 18.4. The molecule has 0 aromatic heterocycles. The predicted octanol–water partition coefficient (Wildman–Crippen LogP) is 1.47. The number of ether oxygens (including phenoxy) is 3. The Morgan fingerprint density at radius 2 is 1.65 bits per heavy atom. The van der Waals surface area contributed by atoms with Gasteiger partial charge in [-0.2, -0.15) is 0 Å². The van der Waals surface area contributed by atoms with Crippen molar-refractivity contribution in [3.8, 4) is 0 Å². The lowest BCUT2D eigenvalue weighted by Crippen LogP contribution is -2.81. The van der Waals surface area contributed by atoms with Crippen LogP contribution in [0.4, 0.5) is 0 Å². The van der Waals surface area contributed by atoms with Crippen molar-refractivity contribution in [1.82, 2.24) is 0 Å². The van der Waals surface area contributed by atoms with Crippen LogP contribution in [0, 0.1) is 16.7 Å². The van der Waals surface area contributed by atoms with E-state index in [1.54, 1.807) is 39.0 Å². The van der Waals surface area contributed by atoms with Gasteiger partial charge in [0.15, 0.2) is 11.9 Å². The molecule has 2 saturated carbocycles. The number of fused-ring (bicyclic) bond motifs is 5. The minimum atomic E-state index is -2.10. The third kappa shape index (κ3) is 3.69. The summed E-state index contributed by atoms with van der Waals surface area (Å²) >= 11 is 0. The molecule has 0 spiro atoms. The second kappa shape index (κ2) is 8.93. The van der Waals surface area contributed by atoms with Crippen LogP contribution in [0.3, 0.4) is 0 Å². The van der Waals surface area contributed by atoms with E-state index in [1.807, 2.05) is 0 Å². The third-order valence-electron chi connectivity index (χ3n) is 10.3. The molecule has 2 bridgehead atoms. The van der Waals surface area contributed by atoms with Crippen molar-refractivity contribution in [1.29, 1.82) is 0 Å². The van der Waals surface area contributed by atoms with E-state index < -0.39 is 75.7 Å². The van der Waals surface area contributed by atoms with E-state index in [-0.39, 0.29) is 30.6 Å². The number of Topliss-reactive ketones (excluding diaryl/α,β-unsaturated/α-hetero) is 1. The third-order valence-corrected chi connectivity index (χ3v) is 10.3. The van der Waals surface area contributed by atoms with Gasteiger partial charge in [0.2, 0.25) is 0 Å². The summed E-state index contributed by atoms with van der Waals surface area (Å²) in [6, 6.07) is 8.09. The van der Waals surface area contributed by atoms with Gasteiger partial charge < -0.3 is 34.6 Å². The monoisotopic (exact) mass is 558 g/mol. The highest BCUT2D eigenvalue weighted by Gasteiger charge is 2.77. The van der Waals surface area contributed by atoms with Crippen LogP contribution >= 0.6 is 0 Å². The highest BCUT2D eigenvalue weighted by molar-refractivity contribution is 5.95. The molecule has 0 amide bonds. The van der Waals surface area contributed by atoms with E-state index in [9.17, 15) is 34.8 Å². The fraction of sp³-hybridized carbons (Fsp3) is 0.633. The summed E-state index contributed by atoms with van der Waals surface area (Å²) in [7, 11) is 0. The number of benzene rings is 1. The molecule has 4 N–H and O–H groups in total. The number of rotatable bonds is 3. The van der Waals surface area contributed by atoms with Crippen LogP contribution in [-0.2, 0) is 23.8 Å². The maximum Gasteiger partial charge on any atom is 0.338 e. The molecule has 218 valence electrons. The van der Waals surface area contributed by atoms with E-state index in [1.165, 1.54) is 26.0 Å². The van der Waals surface area contributed by atoms with Gasteiger partial charge in [-0.1, -0.05) is 32.0 Å². The van der Waals surface area contributed by atoms with Gasteiger partial charge in [0.1, 0.15) is 17.3 Å². The molecule has 4 aliphatic rings. The van der Waals surface area contributed by atoms with Crippen molar-refractivity contribution in [3.63, 3.8) is 0 Å². The summed E-state index contributed by atoms with van der Waals surface area (Å²) < 4.78 is 17.4. The van der Waals surface area contributed by atoms with Crippen molar-refractivity contribution in [2.45, 2.75) is 95.6 Å². The van der Waals surface area contributed by atoms with Gasteiger partial charge in [-0.05, 0) is 44.1 Å². The molecule has 40 heavy (non-hydrogen) atoms. The number of hydrogen-bond acceptors (Lipinski definition) is 10. The van der Waals surface area contributed by atoms with Gasteiger partial charge in [-0.3, -0.25) is 9.59 Å². The molecule has 1 saturated heterocycles. The Kier molecular flexibility index (Phi) is 6.45. The number of carbonyl (C=O) groups excluding carboxylic acids is 3. The molecule has 1 aromatic carbocycles. The quantitative estimate of drug-likeness (QED) is 0.316. The van der Waals surface area contributed by atoms with E-state index in [0.717, 1.165) is 6.92 Å². The maximum atomic E-state index is 14.6. The van der Waals surface area contributed by atoms with Crippen molar-refractivity contribution in [2.75, 3.05) is 6.61 Å². The minimum absolute atomic E-state index is 0.0983. The highest BCUT2D eigenvalue weighted by Crippen LogP contribution is 2.64. The molecule has 1 aliphatic heterocycles. The van der Waals surface area contributed by atoms with Crippen LogP contribution in [0.2, 0.25) is 0 Å². The van der Waals surface area contributed by atoms with Gasteiger partial charge in [0, 0.05) is 31.1 Å². The molecule has 5 rings (SSSR count). The minimum Gasteiger partial charge on any atom is -0.455 e. The van der Waals surface area contributed by atoms with E-state index in [4.69, 9.17) is 14.2 Å². The molecule has 9 atom stereocenters. The number of hydrogen-bond donors (Lipinski definition) is 4. The van der Waals surface area contributed by atoms with Crippen LogP contribution in [0.5, 0.6) is 0 Å². The van der Waals surface area contributed by atoms with Crippen LogP contribution < -0.4 is 0 Å². The zero-order valence-corrected chi connectivity index (χ0v) is 23.6. The SMILES string of the molecule is CC(=O)O[C@H]1C(=O)[C@@]2(C)C([C@H](OC(=O)c3ccccc3)[C@]3(O)C[C@](C)(O)C(C)=C1C3(C)C)[C@]1(O)CO[C@@H]1C[C@@H]2O. The fourth-order valence-corrected chi connectivity index (χ4v) is 7.74. The maximum absolute atomic E-state index is 14.6. The predicted molar refractivity (Wildman–Crippen MR) is 140 cm³/mol. The molecule has 10 nitrogen and oxygen atoms in total. The van der Waals surface area contributed by atoms with E-state index in [0.29, 0.717) is 5.57 Å². The van der Waals surface area contributed by atoms with Crippen LogP contribution in [0.25, 0.3) is 0 Å². The average Bonchev–Trinajstić information content (AvgIpc) is 2.87. The van der Waals surface area contributed by atoms with Gasteiger partial charge >= 0.3 is 11.9 Å². The summed E-state index contributed by atoms with van der Waals surface area (Å²) in [6.07, 6.45) is -5.91. The molecular weight excluding hydrogens is 520 g/mol. The zero-order valence-electron chi connectivity index (χ0n) is 23.6. The standard InChI is InChI=1S/C30H38O10/c1-15-20-21(39-16(2)31)23(33)28(6)18(32)12-19-29(36,14-38-19)22(28)24(40-25(34)17-10-8-7-9-11-17)30(37,26(20,3)4)13-27(15,5)35/h7-11,18-19,21-22,24,32,35-37H,12-14H2,1-6H3/t18-,19+,21+,22?,24-,27-,28+,29-,30+/m0/s1. The normalized spacial score (nSPS) is 43.9. The Bertz CT molecular complexity index is 1280. The Morgan fingerprint density at radius 1 is 1.02 bits per heavy atom. The summed E-state index contributed by atoms with van der Waals surface area (Å²) in [5, 5.41) is 48.0. The van der Waals surface area contributed by atoms with Crippen molar-refractivity contribution < 1.29 is 49.0 Å². The lowest BCUT2D eigenvalue weighted by molar-refractivity contribution is -0.344. The first kappa shape index (κ1) is 28.9. The Hall–Kier alpha value is -2.63. The number of aliphatic hydroxyl groups excluding tert-OH is 1. The molecule has 0 radical (unpaired) electrons. The number of carbonyl (C=O) groups is 3. The Balaban J connectivity index is 1.83. The molecule has 3 aliphatic carbocycles. The number of ketones is 1. The van der Waals surface area contributed by atoms with Gasteiger partial charge in [0.05, 0.1) is 35.4 Å². The average molecular weight is 559 g/mol. The topological polar surface area (TPSA) is 160 Å². The molecule has 3 fully saturated rings. The van der Waals surface area contributed by atoms with Crippen LogP contribution in [-0.4, -0.2) is 86.0 Å². The Morgan fingerprint density at radius 3 is 2.20 bits per heavy atom. The largest absolute Gasteiger partial charge is 0.455 e. The lowest BCUT2D eigenvalue weighted by Gasteiger charge is -2.67. The van der Waals surface area contributed by atoms with Crippen molar-refractivity contribution in [3.05, 3.63) is 47.0 Å². The summed E-state index contributed by atoms with van der Waals surface area (Å²) in [5.41, 5.74) is -8.20. The van der Waals surface area contributed by atoms with Gasteiger partial charge in [0.25, 0.3) is 0 Å². The van der Waals surface area contributed by atoms with E-state index >= 15 is 0 Å². The van der Waals surface area contributed by atoms with Gasteiger partial charge in [-0.25, -0.2) is 4.79 Å². The van der Waals surface area contributed by atoms with E-state index in [2.05, 4.69) is 0 Å². The summed E-state index contributed by atoms with van der Waals surface area (Å²) in [4.78, 5) is 40.6. The smallest absolute Gasteiger partial charge is 0.338 e. The van der Waals surface area contributed by atoms with Gasteiger partial charge in [-0.15, -0.1) is 0 Å². The van der Waals surface area contributed by atoms with Crippen molar-refractivity contribution in [2.24, 2.45) is 16.7 Å².